The highest BCUT2D eigenvalue weighted by Crippen LogP contribution is 2.34. The summed E-state index contributed by atoms with van der Waals surface area (Å²) in [4.78, 5) is 19.5. The number of rotatable bonds is 6. The number of aromatic nitrogens is 1. The molecule has 0 fully saturated rings. The molecule has 0 atom stereocenters. The van der Waals surface area contributed by atoms with Gasteiger partial charge in [-0.25, -0.2) is 4.98 Å². The molecule has 0 bridgehead atoms. The van der Waals surface area contributed by atoms with Crippen LogP contribution in [0.3, 0.4) is 0 Å². The molecule has 2 aromatic heterocycles. The topological polar surface area (TPSA) is 46.3 Å². The zero-order chi connectivity index (χ0) is 18.6. The number of aryl methyl sites for hydroxylation is 2. The minimum atomic E-state index is 0.00899. The summed E-state index contributed by atoms with van der Waals surface area (Å²) in [5.74, 6) is 0.823. The summed E-state index contributed by atoms with van der Waals surface area (Å²) < 4.78 is 6.44. The number of amides is 1. The van der Waals surface area contributed by atoms with Crippen LogP contribution in [0.2, 0.25) is 0 Å². The molecule has 4 rings (SSSR count). The fourth-order valence-corrected chi connectivity index (χ4v) is 4.00. The van der Waals surface area contributed by atoms with Crippen molar-refractivity contribution in [1.29, 1.82) is 0 Å². The van der Waals surface area contributed by atoms with Crippen molar-refractivity contribution in [1.82, 2.24) is 4.98 Å². The maximum absolute atomic E-state index is 13.1. The first-order chi connectivity index (χ1) is 13.2. The number of para-hydroxylation sites is 1. The second-order valence-electron chi connectivity index (χ2n) is 6.29. The molecule has 0 N–H and O–H groups in total. The standard InChI is InChI=1S/C22H20N2O2S/c1-2-16-9-11-17(12-10-16)24(21(25)14-13-18-6-5-15-26-18)22-23-19-7-3-4-8-20(19)27-22/h3-12,15H,2,13-14H2,1H3. The van der Waals surface area contributed by atoms with E-state index < -0.39 is 0 Å². The molecule has 0 saturated carbocycles. The number of hydrogen-bond donors (Lipinski definition) is 0. The Morgan fingerprint density at radius 3 is 2.59 bits per heavy atom. The Kier molecular flexibility index (Phi) is 5.03. The highest BCUT2D eigenvalue weighted by molar-refractivity contribution is 7.22. The van der Waals surface area contributed by atoms with Crippen LogP contribution in [0.15, 0.2) is 71.3 Å². The van der Waals surface area contributed by atoms with Gasteiger partial charge < -0.3 is 4.42 Å². The van der Waals surface area contributed by atoms with Crippen molar-refractivity contribution in [2.45, 2.75) is 26.2 Å². The number of carbonyl (C=O) groups is 1. The van der Waals surface area contributed by atoms with Crippen LogP contribution in [0.4, 0.5) is 10.8 Å². The van der Waals surface area contributed by atoms with E-state index in [4.69, 9.17) is 9.40 Å². The first kappa shape index (κ1) is 17.5. The first-order valence-corrected chi connectivity index (χ1v) is 9.86. The molecular formula is C22H20N2O2S. The smallest absolute Gasteiger partial charge is 0.233 e. The van der Waals surface area contributed by atoms with Crippen molar-refractivity contribution < 1.29 is 9.21 Å². The molecule has 0 aliphatic carbocycles. The van der Waals surface area contributed by atoms with Crippen LogP contribution in [-0.4, -0.2) is 10.9 Å². The van der Waals surface area contributed by atoms with Crippen LogP contribution in [-0.2, 0) is 17.6 Å². The number of benzene rings is 2. The van der Waals surface area contributed by atoms with Crippen molar-refractivity contribution in [2.24, 2.45) is 0 Å². The normalized spacial score (nSPS) is 11.0. The van der Waals surface area contributed by atoms with E-state index in [9.17, 15) is 4.79 Å². The quantitative estimate of drug-likeness (QED) is 0.430. The van der Waals surface area contributed by atoms with Crippen molar-refractivity contribution in [3.63, 3.8) is 0 Å². The number of anilines is 2. The molecule has 4 aromatic rings. The lowest BCUT2D eigenvalue weighted by Crippen LogP contribution is -2.26. The molecule has 2 aromatic carbocycles. The second kappa shape index (κ2) is 7.76. The number of carbonyl (C=O) groups excluding carboxylic acids is 1. The molecule has 136 valence electrons. The molecule has 27 heavy (non-hydrogen) atoms. The van der Waals surface area contributed by atoms with Gasteiger partial charge in [-0.15, -0.1) is 0 Å². The van der Waals surface area contributed by atoms with E-state index in [0.717, 1.165) is 28.1 Å². The Balaban J connectivity index is 1.68. The third kappa shape index (κ3) is 3.78. The minimum Gasteiger partial charge on any atom is -0.469 e. The van der Waals surface area contributed by atoms with Gasteiger partial charge in [-0.1, -0.05) is 42.5 Å². The van der Waals surface area contributed by atoms with E-state index in [-0.39, 0.29) is 5.91 Å². The molecule has 0 aliphatic rings. The highest BCUT2D eigenvalue weighted by Gasteiger charge is 2.22. The van der Waals surface area contributed by atoms with E-state index >= 15 is 0 Å². The van der Waals surface area contributed by atoms with Crippen molar-refractivity contribution >= 4 is 38.3 Å². The second-order valence-corrected chi connectivity index (χ2v) is 7.30. The van der Waals surface area contributed by atoms with Crippen LogP contribution < -0.4 is 4.90 Å². The summed E-state index contributed by atoms with van der Waals surface area (Å²) in [6.07, 6.45) is 3.53. The summed E-state index contributed by atoms with van der Waals surface area (Å²) in [6.45, 7) is 2.12. The molecule has 0 aliphatic heterocycles. The van der Waals surface area contributed by atoms with E-state index in [0.29, 0.717) is 18.0 Å². The molecule has 0 radical (unpaired) electrons. The lowest BCUT2D eigenvalue weighted by atomic mass is 10.1. The molecule has 5 heteroatoms. The predicted octanol–water partition coefficient (Wildman–Crippen LogP) is 5.75. The third-order valence-electron chi connectivity index (χ3n) is 4.49. The van der Waals surface area contributed by atoms with E-state index in [2.05, 4.69) is 19.1 Å². The van der Waals surface area contributed by atoms with Crippen molar-refractivity contribution in [2.75, 3.05) is 4.90 Å². The summed E-state index contributed by atoms with van der Waals surface area (Å²) in [5.41, 5.74) is 2.99. The lowest BCUT2D eigenvalue weighted by molar-refractivity contribution is -0.117. The predicted molar refractivity (Wildman–Crippen MR) is 110 cm³/mol. The van der Waals surface area contributed by atoms with Crippen LogP contribution >= 0.6 is 11.3 Å². The van der Waals surface area contributed by atoms with Gasteiger partial charge in [0.25, 0.3) is 0 Å². The number of hydrogen-bond acceptors (Lipinski definition) is 4. The molecule has 2 heterocycles. The van der Waals surface area contributed by atoms with Crippen molar-refractivity contribution in [3.8, 4) is 0 Å². The Hall–Kier alpha value is -2.92. The van der Waals surface area contributed by atoms with Gasteiger partial charge in [0, 0.05) is 12.8 Å². The van der Waals surface area contributed by atoms with Gasteiger partial charge in [-0.2, -0.15) is 0 Å². The number of furan rings is 1. The number of nitrogens with zero attached hydrogens (tertiary/aromatic N) is 2. The summed E-state index contributed by atoms with van der Waals surface area (Å²) in [5, 5.41) is 0.699. The lowest BCUT2D eigenvalue weighted by Gasteiger charge is -2.20. The van der Waals surface area contributed by atoms with Gasteiger partial charge in [0.05, 0.1) is 22.2 Å². The molecule has 0 spiro atoms. The Morgan fingerprint density at radius 1 is 1.07 bits per heavy atom. The molecule has 0 saturated heterocycles. The monoisotopic (exact) mass is 376 g/mol. The maximum Gasteiger partial charge on any atom is 0.233 e. The Labute approximate surface area is 162 Å². The zero-order valence-corrected chi connectivity index (χ0v) is 15.9. The molecule has 4 nitrogen and oxygen atoms in total. The average molecular weight is 376 g/mol. The van der Waals surface area contributed by atoms with Gasteiger partial charge in [0.1, 0.15) is 5.76 Å². The summed E-state index contributed by atoms with van der Waals surface area (Å²) in [7, 11) is 0. The molecule has 0 unspecified atom stereocenters. The zero-order valence-electron chi connectivity index (χ0n) is 15.1. The Morgan fingerprint density at radius 2 is 1.89 bits per heavy atom. The van der Waals surface area contributed by atoms with E-state index in [1.54, 1.807) is 11.2 Å². The third-order valence-corrected chi connectivity index (χ3v) is 5.51. The molecule has 1 amide bonds. The maximum atomic E-state index is 13.1. The average Bonchev–Trinajstić information content (AvgIpc) is 3.36. The fraction of sp³-hybridized carbons (Fsp3) is 0.182. The Bertz CT molecular complexity index is 1000. The van der Waals surface area contributed by atoms with Crippen LogP contribution in [0, 0.1) is 0 Å². The first-order valence-electron chi connectivity index (χ1n) is 9.04. The van der Waals surface area contributed by atoms with Gasteiger partial charge in [-0.3, -0.25) is 9.69 Å². The largest absolute Gasteiger partial charge is 0.469 e. The van der Waals surface area contributed by atoms with Crippen molar-refractivity contribution in [3.05, 3.63) is 78.3 Å². The summed E-state index contributed by atoms with van der Waals surface area (Å²) >= 11 is 1.53. The van der Waals surface area contributed by atoms with Gasteiger partial charge in [0.15, 0.2) is 5.13 Å². The number of fused-ring (bicyclic) bond motifs is 1. The minimum absolute atomic E-state index is 0.00899. The highest BCUT2D eigenvalue weighted by atomic mass is 32.1. The van der Waals surface area contributed by atoms with Gasteiger partial charge >= 0.3 is 0 Å². The van der Waals surface area contributed by atoms with Crippen LogP contribution in [0.25, 0.3) is 10.2 Å². The van der Waals surface area contributed by atoms with Gasteiger partial charge in [-0.05, 0) is 48.4 Å². The number of thiazole rings is 1. The van der Waals surface area contributed by atoms with Crippen LogP contribution in [0.5, 0.6) is 0 Å². The fourth-order valence-electron chi connectivity index (χ4n) is 2.99. The molecular weight excluding hydrogens is 356 g/mol. The summed E-state index contributed by atoms with van der Waals surface area (Å²) in [6, 6.07) is 19.8. The SMILES string of the molecule is CCc1ccc(N(C(=O)CCc2ccco2)c2nc3ccccc3s2)cc1. The van der Waals surface area contributed by atoms with Crippen LogP contribution in [0.1, 0.15) is 24.7 Å². The van der Waals surface area contributed by atoms with Gasteiger partial charge in [0.2, 0.25) is 5.91 Å². The van der Waals surface area contributed by atoms with E-state index in [1.165, 1.54) is 16.9 Å². The van der Waals surface area contributed by atoms with E-state index in [1.807, 2.05) is 48.5 Å².